The van der Waals surface area contributed by atoms with E-state index in [1.54, 1.807) is 30.7 Å². The molecule has 3 aromatic heterocycles. The number of esters is 2. The van der Waals surface area contributed by atoms with Crippen molar-refractivity contribution in [1.82, 2.24) is 10.3 Å². The molecular formula is C21H26N2O4S2. The average Bonchev–Trinajstić information content (AvgIpc) is 3.33. The number of carbonyl (C=O) groups is 2. The van der Waals surface area contributed by atoms with Crippen LogP contribution in [-0.2, 0) is 22.4 Å². The molecule has 1 N–H and O–H groups in total. The third-order valence-corrected chi connectivity index (χ3v) is 6.25. The van der Waals surface area contributed by atoms with Crippen LogP contribution in [0.3, 0.4) is 0 Å². The number of nitrogens with one attached hydrogen (secondary N) is 1. The van der Waals surface area contributed by atoms with E-state index in [0.717, 1.165) is 34.5 Å². The second kappa shape index (κ2) is 11.0. The molecule has 0 aliphatic carbocycles. The molecule has 0 spiro atoms. The van der Waals surface area contributed by atoms with Gasteiger partial charge in [0.05, 0.1) is 17.9 Å². The van der Waals surface area contributed by atoms with E-state index in [4.69, 9.17) is 9.47 Å². The maximum absolute atomic E-state index is 11.4. The molecule has 0 saturated carbocycles. The van der Waals surface area contributed by atoms with Crippen LogP contribution in [0.25, 0.3) is 10.1 Å². The van der Waals surface area contributed by atoms with E-state index in [-0.39, 0.29) is 19.4 Å². The molecule has 0 bridgehead atoms. The van der Waals surface area contributed by atoms with Gasteiger partial charge in [-0.3, -0.25) is 4.98 Å². The Kier molecular flexibility index (Phi) is 8.75. The summed E-state index contributed by atoms with van der Waals surface area (Å²) in [5.41, 5.74) is 1.30. The highest BCUT2D eigenvalue weighted by atomic mass is 32.1. The van der Waals surface area contributed by atoms with Gasteiger partial charge in [-0.25, -0.2) is 9.59 Å². The Hall–Kier alpha value is -2.29. The summed E-state index contributed by atoms with van der Waals surface area (Å²) >= 11 is 2.95. The lowest BCUT2D eigenvalue weighted by molar-refractivity contribution is 0.0522. The molecule has 156 valence electrons. The van der Waals surface area contributed by atoms with Crippen molar-refractivity contribution in [1.29, 1.82) is 0 Å². The summed E-state index contributed by atoms with van der Waals surface area (Å²) in [4.78, 5) is 29.5. The van der Waals surface area contributed by atoms with Gasteiger partial charge < -0.3 is 14.8 Å². The van der Waals surface area contributed by atoms with Gasteiger partial charge in [0.25, 0.3) is 0 Å². The van der Waals surface area contributed by atoms with Crippen LogP contribution in [0.15, 0.2) is 30.6 Å². The molecule has 0 unspecified atom stereocenters. The largest absolute Gasteiger partial charge is 0.462 e. The molecule has 29 heavy (non-hydrogen) atoms. The number of ether oxygens (including phenoxy) is 2. The van der Waals surface area contributed by atoms with Gasteiger partial charge in [0.15, 0.2) is 0 Å². The van der Waals surface area contributed by atoms with Crippen molar-refractivity contribution in [3.05, 3.63) is 50.8 Å². The Bertz CT molecular complexity index is 908. The molecular weight excluding hydrogens is 408 g/mol. The van der Waals surface area contributed by atoms with Gasteiger partial charge in [-0.05, 0) is 56.0 Å². The van der Waals surface area contributed by atoms with Crippen LogP contribution >= 0.6 is 22.7 Å². The number of nitrogens with zero attached hydrogens (tertiary/aromatic N) is 1. The van der Waals surface area contributed by atoms with E-state index in [9.17, 15) is 9.59 Å². The lowest BCUT2D eigenvalue weighted by Crippen LogP contribution is -2.21. The van der Waals surface area contributed by atoms with Crippen LogP contribution < -0.4 is 5.32 Å². The number of hydrogen-bond donors (Lipinski definition) is 1. The lowest BCUT2D eigenvalue weighted by Gasteiger charge is -2.10. The zero-order chi connectivity index (χ0) is 19.9. The number of pyridine rings is 1. The Balaban J connectivity index is 0.000000200. The predicted octanol–water partition coefficient (Wildman–Crippen LogP) is 4.68. The van der Waals surface area contributed by atoms with Crippen LogP contribution in [0.5, 0.6) is 0 Å². The molecule has 1 aliphatic heterocycles. The van der Waals surface area contributed by atoms with Crippen molar-refractivity contribution in [3.63, 3.8) is 0 Å². The number of hydrogen-bond acceptors (Lipinski definition) is 8. The standard InChI is InChI=1S/C10H13NO2S.C10H9NO2S.CH4/c2*1-2-13-10(12)8-5-7-3-4-11-6-9(7)14-8;/h5,11H,2-4,6H2,1H3;3-6H,2H2,1H3;1H4. The van der Waals surface area contributed by atoms with E-state index in [2.05, 4.69) is 10.3 Å². The fraction of sp³-hybridized carbons (Fsp3) is 0.381. The Morgan fingerprint density at radius 2 is 1.79 bits per heavy atom. The molecule has 0 saturated heterocycles. The second-order valence-corrected chi connectivity index (χ2v) is 8.17. The number of carbonyl (C=O) groups excluding carboxylic acids is 2. The van der Waals surface area contributed by atoms with Gasteiger partial charge in [0, 0.05) is 23.8 Å². The third-order valence-electron chi connectivity index (χ3n) is 4.03. The normalized spacial score (nSPS) is 12.2. The monoisotopic (exact) mass is 434 g/mol. The first-order valence-electron chi connectivity index (χ1n) is 9.12. The van der Waals surface area contributed by atoms with Crippen molar-refractivity contribution in [2.75, 3.05) is 19.8 Å². The van der Waals surface area contributed by atoms with Crippen LogP contribution in [0.2, 0.25) is 0 Å². The number of rotatable bonds is 4. The molecule has 1 aliphatic rings. The Labute approximate surface area is 178 Å². The number of thiophene rings is 2. The zero-order valence-corrected chi connectivity index (χ0v) is 17.5. The van der Waals surface area contributed by atoms with Gasteiger partial charge in [0.1, 0.15) is 9.75 Å². The SMILES string of the molecule is C.CCOC(=O)c1cc2c(s1)CNCC2.CCOC(=O)c1cc2ccncc2s1. The summed E-state index contributed by atoms with van der Waals surface area (Å²) < 4.78 is 10.9. The highest BCUT2D eigenvalue weighted by Crippen LogP contribution is 2.26. The summed E-state index contributed by atoms with van der Waals surface area (Å²) in [7, 11) is 0. The number of aromatic nitrogens is 1. The highest BCUT2D eigenvalue weighted by Gasteiger charge is 2.17. The van der Waals surface area contributed by atoms with E-state index in [1.165, 1.54) is 21.8 Å². The minimum Gasteiger partial charge on any atom is -0.462 e. The van der Waals surface area contributed by atoms with E-state index < -0.39 is 0 Å². The maximum Gasteiger partial charge on any atom is 0.348 e. The van der Waals surface area contributed by atoms with Gasteiger partial charge in [-0.1, -0.05) is 7.43 Å². The lowest BCUT2D eigenvalue weighted by atomic mass is 10.1. The number of fused-ring (bicyclic) bond motifs is 2. The van der Waals surface area contributed by atoms with Crippen molar-refractivity contribution in [2.24, 2.45) is 0 Å². The summed E-state index contributed by atoms with van der Waals surface area (Å²) in [5.74, 6) is -0.444. The second-order valence-electron chi connectivity index (χ2n) is 5.95. The van der Waals surface area contributed by atoms with Crippen molar-refractivity contribution < 1.29 is 19.1 Å². The van der Waals surface area contributed by atoms with E-state index in [1.807, 2.05) is 25.1 Å². The summed E-state index contributed by atoms with van der Waals surface area (Å²) in [6.45, 7) is 6.37. The van der Waals surface area contributed by atoms with Gasteiger partial charge >= 0.3 is 11.9 Å². The molecule has 3 aromatic rings. The molecule has 0 fully saturated rings. The topological polar surface area (TPSA) is 77.5 Å². The first-order chi connectivity index (χ1) is 13.6. The molecule has 4 rings (SSSR count). The molecule has 8 heteroatoms. The molecule has 6 nitrogen and oxygen atoms in total. The summed E-state index contributed by atoms with van der Waals surface area (Å²) in [5, 5.41) is 4.32. The average molecular weight is 435 g/mol. The fourth-order valence-electron chi connectivity index (χ4n) is 2.74. The van der Waals surface area contributed by atoms with Crippen LogP contribution in [0, 0.1) is 0 Å². The van der Waals surface area contributed by atoms with Crippen molar-refractivity contribution in [3.8, 4) is 0 Å². The van der Waals surface area contributed by atoms with Crippen LogP contribution in [0.1, 0.15) is 51.1 Å². The smallest absolute Gasteiger partial charge is 0.348 e. The summed E-state index contributed by atoms with van der Waals surface area (Å²) in [6, 6.07) is 5.69. The molecule has 0 radical (unpaired) electrons. The molecule has 0 atom stereocenters. The third kappa shape index (κ3) is 5.85. The summed E-state index contributed by atoms with van der Waals surface area (Å²) in [6.07, 6.45) is 4.48. The van der Waals surface area contributed by atoms with Crippen molar-refractivity contribution >= 4 is 44.7 Å². The fourth-order valence-corrected chi connectivity index (χ4v) is 4.74. The molecule has 4 heterocycles. The minimum atomic E-state index is -0.256. The maximum atomic E-state index is 11.4. The van der Waals surface area contributed by atoms with Gasteiger partial charge in [-0.15, -0.1) is 22.7 Å². The predicted molar refractivity (Wildman–Crippen MR) is 118 cm³/mol. The quantitative estimate of drug-likeness (QED) is 0.601. The van der Waals surface area contributed by atoms with Crippen LogP contribution in [0.4, 0.5) is 0 Å². The first-order valence-corrected chi connectivity index (χ1v) is 10.8. The minimum absolute atomic E-state index is 0. The molecule has 0 amide bonds. The van der Waals surface area contributed by atoms with E-state index >= 15 is 0 Å². The van der Waals surface area contributed by atoms with Gasteiger partial charge in [0.2, 0.25) is 0 Å². The van der Waals surface area contributed by atoms with Crippen LogP contribution in [-0.4, -0.2) is 36.7 Å². The zero-order valence-electron chi connectivity index (χ0n) is 15.8. The Morgan fingerprint density at radius 1 is 1.10 bits per heavy atom. The van der Waals surface area contributed by atoms with E-state index in [0.29, 0.717) is 18.1 Å². The first kappa shape index (κ1) is 23.0. The van der Waals surface area contributed by atoms with Crippen molar-refractivity contribution in [2.45, 2.75) is 34.2 Å². The highest BCUT2D eigenvalue weighted by molar-refractivity contribution is 7.20. The molecule has 0 aromatic carbocycles. The Morgan fingerprint density at radius 3 is 2.41 bits per heavy atom. The van der Waals surface area contributed by atoms with Gasteiger partial charge in [-0.2, -0.15) is 0 Å².